The third kappa shape index (κ3) is 6.80. The normalized spacial score (nSPS) is 13.5. The smallest absolute Gasteiger partial charge is 0.255 e. The van der Waals surface area contributed by atoms with E-state index in [4.69, 9.17) is 0 Å². The molecule has 25 heavy (non-hydrogen) atoms. The molecule has 0 atom stereocenters. The second-order valence-corrected chi connectivity index (χ2v) is 5.79. The van der Waals surface area contributed by atoms with Crippen LogP contribution in [0.1, 0.15) is 35.5 Å². The van der Waals surface area contributed by atoms with Crippen molar-refractivity contribution in [2.24, 2.45) is 5.92 Å². The summed E-state index contributed by atoms with van der Waals surface area (Å²) < 4.78 is 0. The van der Waals surface area contributed by atoms with Crippen molar-refractivity contribution in [3.05, 3.63) is 90.1 Å². The van der Waals surface area contributed by atoms with Crippen LogP contribution in [0.3, 0.4) is 0 Å². The lowest BCUT2D eigenvalue weighted by Crippen LogP contribution is -2.17. The quantitative estimate of drug-likeness (QED) is 0.483. The zero-order valence-electron chi connectivity index (χ0n) is 15.8. The van der Waals surface area contributed by atoms with Gasteiger partial charge in [0.05, 0.1) is 0 Å². The molecule has 2 heteroatoms. The van der Waals surface area contributed by atoms with E-state index in [2.05, 4.69) is 24.0 Å². The number of allylic oxidation sites excluding steroid dienone is 7. The number of carbonyl (C=O) groups excluding carboxylic acids is 1. The molecule has 1 aliphatic carbocycles. The van der Waals surface area contributed by atoms with E-state index in [0.29, 0.717) is 5.57 Å². The summed E-state index contributed by atoms with van der Waals surface area (Å²) in [6.45, 7) is 12.2. The fourth-order valence-corrected chi connectivity index (χ4v) is 2.19. The first-order valence-corrected chi connectivity index (χ1v) is 8.88. The van der Waals surface area contributed by atoms with Crippen LogP contribution in [-0.4, -0.2) is 5.91 Å². The molecule has 134 valence electrons. The van der Waals surface area contributed by atoms with Gasteiger partial charge in [-0.05, 0) is 41.7 Å². The standard InChI is InChI=1S/C21H23NO.C2H6.H2/c1-16(2)17(3)20(15-18-11-7-4-5-8-12-18)21(23)22-19-13-9-6-10-14-19;1-2;/h4,6-16H,3,5H2,1-2H3,(H,22,23);1-2H3;1H/b20-15-;;. The first-order valence-electron chi connectivity index (χ1n) is 8.88. The van der Waals surface area contributed by atoms with Crippen LogP contribution < -0.4 is 5.32 Å². The van der Waals surface area contributed by atoms with Crippen molar-refractivity contribution in [3.63, 3.8) is 0 Å². The highest BCUT2D eigenvalue weighted by Gasteiger charge is 2.16. The van der Waals surface area contributed by atoms with Crippen LogP contribution in [0.4, 0.5) is 5.69 Å². The molecule has 0 unspecified atom stereocenters. The Morgan fingerprint density at radius 2 is 1.88 bits per heavy atom. The maximum atomic E-state index is 12.7. The highest BCUT2D eigenvalue weighted by Crippen LogP contribution is 2.22. The Labute approximate surface area is 153 Å². The molecule has 1 amide bonds. The lowest BCUT2D eigenvalue weighted by Gasteiger charge is -2.15. The molecule has 1 aromatic carbocycles. The molecule has 0 radical (unpaired) electrons. The summed E-state index contributed by atoms with van der Waals surface area (Å²) in [5, 5.41) is 2.95. The summed E-state index contributed by atoms with van der Waals surface area (Å²) in [6, 6.07) is 9.48. The second kappa shape index (κ2) is 11.0. The Hall–Kier alpha value is -2.61. The molecule has 0 saturated heterocycles. The van der Waals surface area contributed by atoms with Gasteiger partial charge in [0, 0.05) is 12.7 Å². The van der Waals surface area contributed by atoms with E-state index in [1.807, 2.05) is 82.3 Å². The Bertz CT molecular complexity index is 694. The van der Waals surface area contributed by atoms with Crippen LogP contribution in [0.5, 0.6) is 0 Å². The van der Waals surface area contributed by atoms with Gasteiger partial charge in [0.2, 0.25) is 0 Å². The molecular formula is C23H31NO. The number of anilines is 1. The summed E-state index contributed by atoms with van der Waals surface area (Å²) in [5.74, 6) is 0.0751. The van der Waals surface area contributed by atoms with Gasteiger partial charge in [-0.15, -0.1) is 0 Å². The van der Waals surface area contributed by atoms with Crippen LogP contribution >= 0.6 is 0 Å². The van der Waals surface area contributed by atoms with Gasteiger partial charge in [-0.3, -0.25) is 4.79 Å². The topological polar surface area (TPSA) is 29.1 Å². The van der Waals surface area contributed by atoms with Crippen molar-refractivity contribution in [2.45, 2.75) is 34.1 Å². The average Bonchev–Trinajstić information content (AvgIpc) is 2.90. The molecular weight excluding hydrogens is 306 g/mol. The molecule has 0 heterocycles. The number of hydrogen-bond acceptors (Lipinski definition) is 1. The van der Waals surface area contributed by atoms with Crippen molar-refractivity contribution in [2.75, 3.05) is 5.32 Å². The molecule has 1 aliphatic rings. The minimum atomic E-state index is -0.127. The van der Waals surface area contributed by atoms with Gasteiger partial charge in [-0.2, -0.15) is 0 Å². The SMILES string of the molecule is C=C(/C(=C/C1=CC=CCC=C1)C(=O)Nc1ccccc1)C(C)C.CC.[HH]. The molecule has 0 spiro atoms. The van der Waals surface area contributed by atoms with E-state index in [-0.39, 0.29) is 13.3 Å². The summed E-state index contributed by atoms with van der Waals surface area (Å²) >= 11 is 0. The van der Waals surface area contributed by atoms with E-state index >= 15 is 0 Å². The molecule has 0 aliphatic heterocycles. The van der Waals surface area contributed by atoms with E-state index in [9.17, 15) is 4.79 Å². The van der Waals surface area contributed by atoms with Crippen molar-refractivity contribution in [1.29, 1.82) is 0 Å². The zero-order chi connectivity index (χ0) is 18.7. The number of carbonyl (C=O) groups is 1. The molecule has 1 N–H and O–H groups in total. The van der Waals surface area contributed by atoms with E-state index < -0.39 is 0 Å². The van der Waals surface area contributed by atoms with Gasteiger partial charge in [0.1, 0.15) is 0 Å². The molecule has 0 fully saturated rings. The zero-order valence-corrected chi connectivity index (χ0v) is 15.8. The van der Waals surface area contributed by atoms with Crippen LogP contribution in [-0.2, 0) is 4.79 Å². The molecule has 0 saturated carbocycles. The Morgan fingerprint density at radius 3 is 2.52 bits per heavy atom. The van der Waals surface area contributed by atoms with Crippen LogP contribution in [0, 0.1) is 5.92 Å². The lowest BCUT2D eigenvalue weighted by atomic mass is 9.94. The Morgan fingerprint density at radius 1 is 1.20 bits per heavy atom. The van der Waals surface area contributed by atoms with Crippen molar-refractivity contribution in [1.82, 2.24) is 0 Å². The van der Waals surface area contributed by atoms with Gasteiger partial charge < -0.3 is 5.32 Å². The summed E-state index contributed by atoms with van der Waals surface area (Å²) in [5.41, 5.74) is 3.24. The molecule has 1 aromatic rings. The largest absolute Gasteiger partial charge is 0.322 e. The second-order valence-electron chi connectivity index (χ2n) is 5.79. The summed E-state index contributed by atoms with van der Waals surface area (Å²) in [6.07, 6.45) is 13.0. The van der Waals surface area contributed by atoms with Crippen molar-refractivity contribution in [3.8, 4) is 0 Å². The number of rotatable bonds is 5. The van der Waals surface area contributed by atoms with Gasteiger partial charge in [-0.1, -0.05) is 82.9 Å². The van der Waals surface area contributed by atoms with Gasteiger partial charge in [0.15, 0.2) is 0 Å². The van der Waals surface area contributed by atoms with Crippen molar-refractivity contribution >= 4 is 11.6 Å². The Balaban J connectivity index is 0.00000201. The lowest BCUT2D eigenvalue weighted by molar-refractivity contribution is -0.112. The molecule has 0 bridgehead atoms. The predicted octanol–water partition coefficient (Wildman–Crippen LogP) is 6.48. The average molecular weight is 338 g/mol. The van der Waals surface area contributed by atoms with Gasteiger partial charge in [0.25, 0.3) is 5.91 Å². The maximum absolute atomic E-state index is 12.7. The maximum Gasteiger partial charge on any atom is 0.255 e. The number of hydrogen-bond donors (Lipinski definition) is 1. The van der Waals surface area contributed by atoms with E-state index in [1.165, 1.54) is 0 Å². The van der Waals surface area contributed by atoms with Gasteiger partial charge >= 0.3 is 0 Å². The third-order valence-electron chi connectivity index (χ3n) is 3.64. The number of amides is 1. The van der Waals surface area contributed by atoms with Crippen molar-refractivity contribution < 1.29 is 6.22 Å². The first-order chi connectivity index (χ1) is 12.1. The fourth-order valence-electron chi connectivity index (χ4n) is 2.19. The van der Waals surface area contributed by atoms with Crippen LogP contribution in [0.25, 0.3) is 0 Å². The van der Waals surface area contributed by atoms with E-state index in [0.717, 1.165) is 23.3 Å². The number of para-hydroxylation sites is 1. The molecule has 2 rings (SSSR count). The minimum absolute atomic E-state index is 0. The number of nitrogens with one attached hydrogen (secondary N) is 1. The van der Waals surface area contributed by atoms with E-state index in [1.54, 1.807) is 0 Å². The van der Waals surface area contributed by atoms with Gasteiger partial charge in [-0.25, -0.2) is 0 Å². The third-order valence-corrected chi connectivity index (χ3v) is 3.64. The molecule has 2 nitrogen and oxygen atoms in total. The fraction of sp³-hybridized carbons (Fsp3) is 0.261. The summed E-state index contributed by atoms with van der Waals surface area (Å²) in [4.78, 5) is 12.7. The first kappa shape index (κ1) is 20.4. The number of benzene rings is 1. The highest BCUT2D eigenvalue weighted by molar-refractivity contribution is 6.07. The summed E-state index contributed by atoms with van der Waals surface area (Å²) in [7, 11) is 0. The predicted molar refractivity (Wildman–Crippen MR) is 112 cm³/mol. The van der Waals surface area contributed by atoms with Crippen LogP contribution in [0.2, 0.25) is 0 Å². The minimum Gasteiger partial charge on any atom is -0.322 e. The Kier molecular flexibility index (Phi) is 9.02. The highest BCUT2D eigenvalue weighted by atomic mass is 16.1. The monoisotopic (exact) mass is 337 g/mol. The van der Waals surface area contributed by atoms with Crippen LogP contribution in [0.15, 0.2) is 90.1 Å². The molecule has 0 aromatic heterocycles.